The van der Waals surface area contributed by atoms with Crippen LogP contribution in [0.2, 0.25) is 0 Å². The first-order chi connectivity index (χ1) is 10.7. The molecule has 0 bridgehead atoms. The normalized spacial score (nSPS) is 10.5. The van der Waals surface area contributed by atoms with Gasteiger partial charge in [0, 0.05) is 17.8 Å². The number of thiazole rings is 2. The van der Waals surface area contributed by atoms with Gasteiger partial charge < -0.3 is 15.4 Å². The molecule has 0 aliphatic heterocycles. The second kappa shape index (κ2) is 9.55. The number of nitrogens with one attached hydrogen (secondary N) is 2. The number of alkyl carbamates (subject to hydrolysis) is 1. The highest BCUT2D eigenvalue weighted by atomic mass is 79.9. The van der Waals surface area contributed by atoms with Gasteiger partial charge in [0.2, 0.25) is 0 Å². The third-order valence-electron chi connectivity index (χ3n) is 2.00. The van der Waals surface area contributed by atoms with Crippen molar-refractivity contribution in [3.8, 4) is 0 Å². The molecule has 2 N–H and O–H groups in total. The van der Waals surface area contributed by atoms with Gasteiger partial charge in [0.25, 0.3) is 0 Å². The molecule has 0 saturated carbocycles. The zero-order chi connectivity index (χ0) is 17.5. The fourth-order valence-electron chi connectivity index (χ4n) is 1.20. The van der Waals surface area contributed by atoms with Crippen molar-refractivity contribution < 1.29 is 9.53 Å². The molecule has 0 aliphatic rings. The predicted molar refractivity (Wildman–Crippen MR) is 102 cm³/mol. The number of carbonyl (C=O) groups excluding carboxylic acids is 1. The van der Waals surface area contributed by atoms with E-state index < -0.39 is 11.7 Å². The summed E-state index contributed by atoms with van der Waals surface area (Å²) in [6.07, 6.45) is -0.422. The number of amides is 1. The Morgan fingerprint density at radius 1 is 1.22 bits per heavy atom. The summed E-state index contributed by atoms with van der Waals surface area (Å²) in [5, 5.41) is 11.1. The lowest BCUT2D eigenvalue weighted by Gasteiger charge is -2.19. The molecule has 0 spiro atoms. The van der Waals surface area contributed by atoms with Gasteiger partial charge in [-0.3, -0.25) is 0 Å². The van der Waals surface area contributed by atoms with E-state index in [0.29, 0.717) is 6.54 Å². The van der Waals surface area contributed by atoms with Crippen LogP contribution in [0.4, 0.5) is 9.93 Å². The second-order valence-electron chi connectivity index (χ2n) is 5.14. The lowest BCUT2D eigenvalue weighted by Crippen LogP contribution is -2.32. The Kier molecular flexibility index (Phi) is 8.45. The van der Waals surface area contributed by atoms with Crippen molar-refractivity contribution in [2.45, 2.75) is 32.9 Å². The van der Waals surface area contributed by atoms with Crippen LogP contribution in [0.25, 0.3) is 0 Å². The monoisotopic (exact) mass is 484 g/mol. The Morgan fingerprint density at radius 3 is 2.22 bits per heavy atom. The Balaban J connectivity index is 0.000000277. The number of hydrogen-bond acceptors (Lipinski definition) is 7. The highest BCUT2D eigenvalue weighted by molar-refractivity contribution is 9.10. The van der Waals surface area contributed by atoms with Crippen LogP contribution in [0.1, 0.15) is 25.8 Å². The van der Waals surface area contributed by atoms with E-state index in [1.165, 1.54) is 11.3 Å². The molecule has 0 aromatic carbocycles. The molecule has 6 nitrogen and oxygen atoms in total. The third kappa shape index (κ3) is 9.23. The maximum absolute atomic E-state index is 11.3. The Hall–Kier alpha value is -0.710. The predicted octanol–water partition coefficient (Wildman–Crippen LogP) is 4.88. The molecule has 10 heteroatoms. The lowest BCUT2D eigenvalue weighted by atomic mass is 10.2. The summed E-state index contributed by atoms with van der Waals surface area (Å²) < 4.78 is 6.76. The number of ether oxygens (including phenoxy) is 1. The van der Waals surface area contributed by atoms with E-state index >= 15 is 0 Å². The van der Waals surface area contributed by atoms with E-state index in [9.17, 15) is 4.79 Å². The van der Waals surface area contributed by atoms with Crippen LogP contribution in [-0.2, 0) is 11.3 Å². The number of aromatic nitrogens is 2. The van der Waals surface area contributed by atoms with Crippen LogP contribution in [0, 0.1) is 0 Å². The summed E-state index contributed by atoms with van der Waals surface area (Å²) in [7, 11) is 1.85. The number of halogens is 2. The molecular formula is C13H18Br2N4O2S2. The molecule has 0 unspecified atom stereocenters. The van der Waals surface area contributed by atoms with Gasteiger partial charge in [-0.25, -0.2) is 14.8 Å². The summed E-state index contributed by atoms with van der Waals surface area (Å²) in [5.74, 6) is 0. The SMILES string of the molecule is CC(C)(C)OC(=O)NCc1nc(Br)cs1.CNc1nc(Br)cs1. The molecule has 2 heterocycles. The zero-order valence-electron chi connectivity index (χ0n) is 13.1. The van der Waals surface area contributed by atoms with Gasteiger partial charge >= 0.3 is 6.09 Å². The van der Waals surface area contributed by atoms with Crippen molar-refractivity contribution in [3.05, 3.63) is 25.0 Å². The van der Waals surface area contributed by atoms with Gasteiger partial charge in [0.1, 0.15) is 19.8 Å². The molecule has 128 valence electrons. The van der Waals surface area contributed by atoms with Gasteiger partial charge in [-0.15, -0.1) is 22.7 Å². The molecule has 0 fully saturated rings. The van der Waals surface area contributed by atoms with E-state index in [2.05, 4.69) is 52.5 Å². The number of carbonyl (C=O) groups is 1. The molecule has 2 aromatic heterocycles. The van der Waals surface area contributed by atoms with E-state index in [-0.39, 0.29) is 0 Å². The molecule has 1 amide bonds. The van der Waals surface area contributed by atoms with E-state index in [0.717, 1.165) is 19.3 Å². The smallest absolute Gasteiger partial charge is 0.408 e. The minimum absolute atomic E-state index is 0.394. The van der Waals surface area contributed by atoms with Crippen LogP contribution in [-0.4, -0.2) is 28.7 Å². The highest BCUT2D eigenvalue weighted by Gasteiger charge is 2.15. The van der Waals surface area contributed by atoms with Gasteiger partial charge in [0.05, 0.1) is 6.54 Å². The molecule has 0 saturated heterocycles. The quantitative estimate of drug-likeness (QED) is 0.647. The first-order valence-electron chi connectivity index (χ1n) is 6.55. The number of anilines is 1. The van der Waals surface area contributed by atoms with Gasteiger partial charge in [-0.1, -0.05) is 0 Å². The summed E-state index contributed by atoms with van der Waals surface area (Å²) in [6, 6.07) is 0. The van der Waals surface area contributed by atoms with Crippen molar-refractivity contribution >= 4 is 65.8 Å². The Morgan fingerprint density at radius 2 is 1.83 bits per heavy atom. The van der Waals surface area contributed by atoms with Crippen LogP contribution < -0.4 is 10.6 Å². The number of nitrogens with zero attached hydrogens (tertiary/aromatic N) is 2. The maximum atomic E-state index is 11.3. The van der Waals surface area contributed by atoms with Crippen molar-refractivity contribution in [2.24, 2.45) is 0 Å². The van der Waals surface area contributed by atoms with Crippen molar-refractivity contribution in [1.29, 1.82) is 0 Å². The molecule has 0 aliphatic carbocycles. The Labute approximate surface area is 160 Å². The standard InChI is InChI=1S/C9H13BrN2O2S.C4H5BrN2S/c1-9(2,3)14-8(13)11-4-7-12-6(10)5-15-7;1-6-4-7-3(5)2-8-4/h5H,4H2,1-3H3,(H,11,13);2H,1H3,(H,6,7). The van der Waals surface area contributed by atoms with Crippen LogP contribution in [0.15, 0.2) is 20.0 Å². The van der Waals surface area contributed by atoms with Crippen LogP contribution >= 0.6 is 54.5 Å². The number of rotatable bonds is 3. The van der Waals surface area contributed by atoms with Crippen molar-refractivity contribution in [3.63, 3.8) is 0 Å². The molecule has 2 aromatic rings. The van der Waals surface area contributed by atoms with Crippen molar-refractivity contribution in [1.82, 2.24) is 15.3 Å². The third-order valence-corrected chi connectivity index (χ3v) is 5.12. The highest BCUT2D eigenvalue weighted by Crippen LogP contribution is 2.18. The second-order valence-corrected chi connectivity index (χ2v) is 8.57. The summed E-state index contributed by atoms with van der Waals surface area (Å²) in [5.41, 5.74) is -0.465. The fourth-order valence-corrected chi connectivity index (χ4v) is 3.51. The summed E-state index contributed by atoms with van der Waals surface area (Å²) in [6.45, 7) is 5.87. The Bertz CT molecular complexity index is 626. The lowest BCUT2D eigenvalue weighted by molar-refractivity contribution is 0.0523. The van der Waals surface area contributed by atoms with Crippen molar-refractivity contribution in [2.75, 3.05) is 12.4 Å². The average molecular weight is 486 g/mol. The first kappa shape index (κ1) is 20.3. The average Bonchev–Trinajstić information content (AvgIpc) is 3.04. The summed E-state index contributed by atoms with van der Waals surface area (Å²) >= 11 is 9.54. The summed E-state index contributed by atoms with van der Waals surface area (Å²) in [4.78, 5) is 19.5. The maximum Gasteiger partial charge on any atom is 0.408 e. The van der Waals surface area contributed by atoms with E-state index in [1.54, 1.807) is 11.3 Å². The largest absolute Gasteiger partial charge is 0.444 e. The fraction of sp³-hybridized carbons (Fsp3) is 0.462. The molecule has 0 atom stereocenters. The molecule has 23 heavy (non-hydrogen) atoms. The van der Waals surface area contributed by atoms with E-state index in [4.69, 9.17) is 4.74 Å². The van der Waals surface area contributed by atoms with Crippen LogP contribution in [0.5, 0.6) is 0 Å². The minimum Gasteiger partial charge on any atom is -0.444 e. The number of hydrogen-bond donors (Lipinski definition) is 2. The zero-order valence-corrected chi connectivity index (χ0v) is 18.0. The molecule has 0 radical (unpaired) electrons. The van der Waals surface area contributed by atoms with Gasteiger partial charge in [0.15, 0.2) is 5.13 Å². The van der Waals surface area contributed by atoms with Gasteiger partial charge in [-0.05, 0) is 52.6 Å². The molecular weight excluding hydrogens is 468 g/mol. The minimum atomic E-state index is -0.465. The first-order valence-corrected chi connectivity index (χ1v) is 9.89. The van der Waals surface area contributed by atoms with Crippen LogP contribution in [0.3, 0.4) is 0 Å². The molecule has 2 rings (SSSR count). The van der Waals surface area contributed by atoms with E-state index in [1.807, 2.05) is 38.6 Å². The van der Waals surface area contributed by atoms with Gasteiger partial charge in [-0.2, -0.15) is 0 Å². The topological polar surface area (TPSA) is 76.1 Å².